The van der Waals surface area contributed by atoms with Crippen LogP contribution in [0.1, 0.15) is 40.4 Å². The molecule has 4 heteroatoms. The summed E-state index contributed by atoms with van der Waals surface area (Å²) in [5, 5.41) is 0. The molecule has 1 saturated heterocycles. The molecule has 0 spiro atoms. The Morgan fingerprint density at radius 2 is 2.10 bits per heavy atom. The van der Waals surface area contributed by atoms with Crippen LogP contribution in [0.3, 0.4) is 0 Å². The molecule has 2 N–H and O–H groups in total. The van der Waals surface area contributed by atoms with Gasteiger partial charge in [-0.1, -0.05) is 18.2 Å². The third-order valence-electron chi connectivity index (χ3n) is 4.06. The lowest BCUT2D eigenvalue weighted by molar-refractivity contribution is 0.0735. The number of carbonyl (C=O) groups is 1. The fraction of sp³-hybridized carbons (Fsp3) is 0.294. The van der Waals surface area contributed by atoms with Crippen molar-refractivity contribution in [3.8, 4) is 0 Å². The van der Waals surface area contributed by atoms with Crippen molar-refractivity contribution < 1.29 is 4.79 Å². The van der Waals surface area contributed by atoms with Crippen LogP contribution in [0, 0.1) is 6.92 Å². The number of aromatic nitrogens is 1. The monoisotopic (exact) mass is 281 g/mol. The summed E-state index contributed by atoms with van der Waals surface area (Å²) in [6, 6.07) is 11.6. The number of nitrogens with two attached hydrogens (primary N) is 1. The van der Waals surface area contributed by atoms with Crippen molar-refractivity contribution in [3.05, 3.63) is 59.3 Å². The number of anilines is 1. The van der Waals surface area contributed by atoms with Crippen molar-refractivity contribution >= 4 is 11.7 Å². The molecule has 1 aromatic carbocycles. The van der Waals surface area contributed by atoms with Crippen molar-refractivity contribution in [3.63, 3.8) is 0 Å². The Balaban J connectivity index is 1.88. The molecule has 1 aliphatic rings. The van der Waals surface area contributed by atoms with E-state index in [0.29, 0.717) is 5.82 Å². The number of hydrogen-bond acceptors (Lipinski definition) is 3. The number of nitrogens with zero attached hydrogens (tertiary/aromatic N) is 2. The van der Waals surface area contributed by atoms with Gasteiger partial charge in [0.1, 0.15) is 5.82 Å². The van der Waals surface area contributed by atoms with E-state index in [4.69, 9.17) is 5.73 Å². The minimum atomic E-state index is 0.0904. The number of aryl methyl sites for hydroxylation is 1. The Kier molecular flexibility index (Phi) is 3.60. The van der Waals surface area contributed by atoms with Gasteiger partial charge in [0.05, 0.1) is 6.04 Å². The summed E-state index contributed by atoms with van der Waals surface area (Å²) < 4.78 is 0. The highest BCUT2D eigenvalue weighted by Gasteiger charge is 2.30. The standard InChI is InChI=1S/C17H19N3O/c1-12-10-14(11-19-16(12)18)15-8-5-9-20(15)17(21)13-6-3-2-4-7-13/h2-4,6-7,10-11,15H,5,8-9H2,1H3,(H2,18,19)/t15-/m1/s1. The van der Waals surface area contributed by atoms with Crippen LogP contribution in [-0.4, -0.2) is 22.3 Å². The van der Waals surface area contributed by atoms with Gasteiger partial charge in [0.2, 0.25) is 0 Å². The molecule has 4 nitrogen and oxygen atoms in total. The predicted octanol–water partition coefficient (Wildman–Crippen LogP) is 2.95. The molecule has 1 amide bonds. The van der Waals surface area contributed by atoms with Crippen molar-refractivity contribution in [2.75, 3.05) is 12.3 Å². The molecule has 0 aliphatic carbocycles. The van der Waals surface area contributed by atoms with Gasteiger partial charge in [-0.2, -0.15) is 0 Å². The molecule has 2 heterocycles. The van der Waals surface area contributed by atoms with Gasteiger partial charge in [0.15, 0.2) is 0 Å². The second-order valence-electron chi connectivity index (χ2n) is 5.49. The van der Waals surface area contributed by atoms with E-state index in [1.54, 1.807) is 6.20 Å². The van der Waals surface area contributed by atoms with Crippen LogP contribution in [0.15, 0.2) is 42.6 Å². The molecule has 2 aromatic rings. The lowest BCUT2D eigenvalue weighted by Gasteiger charge is -2.25. The number of rotatable bonds is 2. The van der Waals surface area contributed by atoms with E-state index in [9.17, 15) is 4.79 Å². The summed E-state index contributed by atoms with van der Waals surface area (Å²) in [6.07, 6.45) is 3.79. The number of benzene rings is 1. The first-order chi connectivity index (χ1) is 10.2. The zero-order chi connectivity index (χ0) is 14.8. The summed E-state index contributed by atoms with van der Waals surface area (Å²) in [6.45, 7) is 2.74. The van der Waals surface area contributed by atoms with Crippen LogP contribution in [0.5, 0.6) is 0 Å². The second kappa shape index (κ2) is 5.56. The molecule has 3 rings (SSSR count). The average Bonchev–Trinajstić information content (AvgIpc) is 2.99. The van der Waals surface area contributed by atoms with E-state index < -0.39 is 0 Å². The maximum absolute atomic E-state index is 12.7. The van der Waals surface area contributed by atoms with E-state index in [0.717, 1.165) is 36.1 Å². The SMILES string of the molecule is Cc1cc([C@H]2CCCN2C(=O)c2ccccc2)cnc1N. The van der Waals surface area contributed by atoms with Gasteiger partial charge in [-0.05, 0) is 49.1 Å². The average molecular weight is 281 g/mol. The third-order valence-corrected chi connectivity index (χ3v) is 4.06. The van der Waals surface area contributed by atoms with E-state index >= 15 is 0 Å². The smallest absolute Gasteiger partial charge is 0.254 e. The zero-order valence-corrected chi connectivity index (χ0v) is 12.1. The normalized spacial score (nSPS) is 18.0. The number of likely N-dealkylation sites (tertiary alicyclic amines) is 1. The fourth-order valence-corrected chi connectivity index (χ4v) is 2.89. The zero-order valence-electron chi connectivity index (χ0n) is 12.1. The first-order valence-corrected chi connectivity index (χ1v) is 7.25. The third kappa shape index (κ3) is 2.61. The van der Waals surface area contributed by atoms with Crippen molar-refractivity contribution in [1.82, 2.24) is 9.88 Å². The maximum atomic E-state index is 12.7. The van der Waals surface area contributed by atoms with Crippen LogP contribution >= 0.6 is 0 Å². The van der Waals surface area contributed by atoms with Gasteiger partial charge in [-0.25, -0.2) is 4.98 Å². The minimum Gasteiger partial charge on any atom is -0.383 e. The van der Waals surface area contributed by atoms with E-state index in [2.05, 4.69) is 4.98 Å². The summed E-state index contributed by atoms with van der Waals surface area (Å²) in [4.78, 5) is 18.8. The van der Waals surface area contributed by atoms with E-state index in [-0.39, 0.29) is 11.9 Å². The Labute approximate surface area is 124 Å². The number of nitrogen functional groups attached to an aromatic ring is 1. The quantitative estimate of drug-likeness (QED) is 0.920. The van der Waals surface area contributed by atoms with E-state index in [1.165, 1.54) is 0 Å². The Morgan fingerprint density at radius 3 is 2.81 bits per heavy atom. The Morgan fingerprint density at radius 1 is 1.33 bits per heavy atom. The van der Waals surface area contributed by atoms with Gasteiger partial charge < -0.3 is 10.6 Å². The molecule has 1 aliphatic heterocycles. The van der Waals surface area contributed by atoms with Gasteiger partial charge in [-0.3, -0.25) is 4.79 Å². The summed E-state index contributed by atoms with van der Waals surface area (Å²) in [5.74, 6) is 0.644. The predicted molar refractivity (Wildman–Crippen MR) is 82.8 cm³/mol. The van der Waals surface area contributed by atoms with Crippen molar-refractivity contribution in [2.45, 2.75) is 25.8 Å². The molecule has 1 atom stereocenters. The summed E-state index contributed by atoms with van der Waals surface area (Å²) in [7, 11) is 0. The second-order valence-corrected chi connectivity index (χ2v) is 5.49. The first-order valence-electron chi connectivity index (χ1n) is 7.25. The summed E-state index contributed by atoms with van der Waals surface area (Å²) in [5.41, 5.74) is 8.56. The summed E-state index contributed by atoms with van der Waals surface area (Å²) >= 11 is 0. The molecule has 108 valence electrons. The molecule has 0 unspecified atom stereocenters. The number of carbonyl (C=O) groups excluding carboxylic acids is 1. The van der Waals surface area contributed by atoms with Gasteiger partial charge in [0.25, 0.3) is 5.91 Å². The molecular formula is C17H19N3O. The van der Waals surface area contributed by atoms with Crippen LogP contribution in [0.4, 0.5) is 5.82 Å². The first kappa shape index (κ1) is 13.6. The maximum Gasteiger partial charge on any atom is 0.254 e. The number of hydrogen-bond donors (Lipinski definition) is 1. The molecule has 0 saturated carbocycles. The molecule has 21 heavy (non-hydrogen) atoms. The highest BCUT2D eigenvalue weighted by molar-refractivity contribution is 5.94. The molecule has 0 radical (unpaired) electrons. The van der Waals surface area contributed by atoms with Gasteiger partial charge in [0, 0.05) is 18.3 Å². The number of amides is 1. The molecule has 1 fully saturated rings. The Hall–Kier alpha value is -2.36. The highest BCUT2D eigenvalue weighted by Crippen LogP contribution is 2.33. The van der Waals surface area contributed by atoms with Crippen LogP contribution in [0.2, 0.25) is 0 Å². The van der Waals surface area contributed by atoms with Crippen molar-refractivity contribution in [1.29, 1.82) is 0 Å². The van der Waals surface area contributed by atoms with Crippen molar-refractivity contribution in [2.24, 2.45) is 0 Å². The van der Waals surface area contributed by atoms with E-state index in [1.807, 2.05) is 48.2 Å². The van der Waals surface area contributed by atoms with Gasteiger partial charge >= 0.3 is 0 Å². The largest absolute Gasteiger partial charge is 0.383 e. The molecular weight excluding hydrogens is 262 g/mol. The lowest BCUT2D eigenvalue weighted by atomic mass is 10.0. The number of pyridine rings is 1. The minimum absolute atomic E-state index is 0.0904. The topological polar surface area (TPSA) is 59.2 Å². The van der Waals surface area contributed by atoms with Crippen LogP contribution in [0.25, 0.3) is 0 Å². The van der Waals surface area contributed by atoms with Crippen LogP contribution in [-0.2, 0) is 0 Å². The highest BCUT2D eigenvalue weighted by atomic mass is 16.2. The van der Waals surface area contributed by atoms with Crippen LogP contribution < -0.4 is 5.73 Å². The Bertz CT molecular complexity index is 654. The molecule has 0 bridgehead atoms. The van der Waals surface area contributed by atoms with Gasteiger partial charge in [-0.15, -0.1) is 0 Å². The molecule has 1 aromatic heterocycles. The fourth-order valence-electron chi connectivity index (χ4n) is 2.89. The lowest BCUT2D eigenvalue weighted by Crippen LogP contribution is -2.30.